The molecule has 2 unspecified atom stereocenters. The van der Waals surface area contributed by atoms with Crippen LogP contribution in [0.4, 0.5) is 4.39 Å². The van der Waals surface area contributed by atoms with Gasteiger partial charge in [0.1, 0.15) is 11.6 Å². The highest BCUT2D eigenvalue weighted by molar-refractivity contribution is 5.29. The maximum atomic E-state index is 13.3. The smallest absolute Gasteiger partial charge is 0.127 e. The Bertz CT molecular complexity index is 395. The van der Waals surface area contributed by atoms with Gasteiger partial charge in [0.25, 0.3) is 0 Å². The molecule has 2 atom stereocenters. The minimum Gasteiger partial charge on any atom is -0.490 e. The molecule has 0 aliphatic heterocycles. The van der Waals surface area contributed by atoms with Crippen LogP contribution in [0.25, 0.3) is 0 Å². The molecule has 1 saturated carbocycles. The van der Waals surface area contributed by atoms with Gasteiger partial charge in [0.2, 0.25) is 0 Å². The van der Waals surface area contributed by atoms with E-state index in [1.54, 1.807) is 6.07 Å². The maximum absolute atomic E-state index is 13.3. The van der Waals surface area contributed by atoms with Crippen LogP contribution in [0.5, 0.6) is 5.75 Å². The van der Waals surface area contributed by atoms with Crippen molar-refractivity contribution < 1.29 is 14.2 Å². The molecule has 1 aliphatic carbocycles. The third-order valence-corrected chi connectivity index (χ3v) is 3.55. The average Bonchev–Trinajstić information content (AvgIpc) is 2.26. The fourth-order valence-corrected chi connectivity index (χ4v) is 2.94. The van der Waals surface area contributed by atoms with Crippen molar-refractivity contribution in [3.05, 3.63) is 29.6 Å². The predicted octanol–water partition coefficient (Wildman–Crippen LogP) is 3.52. The molecule has 0 spiro atoms. The Morgan fingerprint density at radius 3 is 2.44 bits per heavy atom. The van der Waals surface area contributed by atoms with Crippen LogP contribution in [-0.2, 0) is 6.61 Å². The van der Waals surface area contributed by atoms with Crippen LogP contribution >= 0.6 is 0 Å². The SMILES string of the molecule is CC1CC(C)CC(Oc2cc(F)cc(CO)c2)C1. The molecular weight excluding hydrogens is 231 g/mol. The molecule has 2 rings (SSSR count). The molecule has 0 radical (unpaired) electrons. The van der Waals surface area contributed by atoms with Gasteiger partial charge in [-0.05, 0) is 48.8 Å². The zero-order valence-corrected chi connectivity index (χ0v) is 11.0. The first-order valence-electron chi connectivity index (χ1n) is 6.63. The van der Waals surface area contributed by atoms with Gasteiger partial charge in [-0.1, -0.05) is 13.8 Å². The lowest BCUT2D eigenvalue weighted by Gasteiger charge is -2.31. The topological polar surface area (TPSA) is 29.5 Å². The van der Waals surface area contributed by atoms with Crippen LogP contribution in [0.15, 0.2) is 18.2 Å². The zero-order valence-electron chi connectivity index (χ0n) is 11.0. The molecule has 0 amide bonds. The standard InChI is InChI=1S/C15H21FO2/c1-10-3-11(2)5-14(4-10)18-15-7-12(9-17)6-13(16)8-15/h6-8,10-11,14,17H,3-5,9H2,1-2H3. The normalized spacial score (nSPS) is 28.1. The van der Waals surface area contributed by atoms with Gasteiger partial charge in [-0.15, -0.1) is 0 Å². The monoisotopic (exact) mass is 252 g/mol. The molecule has 1 aromatic rings. The summed E-state index contributed by atoms with van der Waals surface area (Å²) in [5.41, 5.74) is 0.557. The van der Waals surface area contributed by atoms with Crippen LogP contribution < -0.4 is 4.74 Å². The van der Waals surface area contributed by atoms with E-state index in [0.29, 0.717) is 23.1 Å². The van der Waals surface area contributed by atoms with Crippen LogP contribution in [0.1, 0.15) is 38.7 Å². The minimum atomic E-state index is -0.353. The molecule has 3 heteroatoms. The van der Waals surface area contributed by atoms with Gasteiger partial charge in [0.15, 0.2) is 0 Å². The summed E-state index contributed by atoms with van der Waals surface area (Å²) < 4.78 is 19.2. The molecule has 1 aromatic carbocycles. The Morgan fingerprint density at radius 2 is 1.83 bits per heavy atom. The molecule has 0 heterocycles. The lowest BCUT2D eigenvalue weighted by atomic mass is 9.82. The number of halogens is 1. The number of aliphatic hydroxyl groups is 1. The van der Waals surface area contributed by atoms with Gasteiger partial charge in [0.05, 0.1) is 12.7 Å². The third-order valence-electron chi connectivity index (χ3n) is 3.55. The Morgan fingerprint density at radius 1 is 1.17 bits per heavy atom. The quantitative estimate of drug-likeness (QED) is 0.891. The summed E-state index contributed by atoms with van der Waals surface area (Å²) in [5, 5.41) is 9.05. The maximum Gasteiger partial charge on any atom is 0.127 e. The summed E-state index contributed by atoms with van der Waals surface area (Å²) in [6.07, 6.45) is 3.45. The highest BCUT2D eigenvalue weighted by Gasteiger charge is 2.25. The van der Waals surface area contributed by atoms with Gasteiger partial charge >= 0.3 is 0 Å². The number of ether oxygens (including phenoxy) is 1. The summed E-state index contributed by atoms with van der Waals surface area (Å²) >= 11 is 0. The molecule has 1 fully saturated rings. The van der Waals surface area contributed by atoms with E-state index in [1.165, 1.54) is 18.6 Å². The average molecular weight is 252 g/mol. The van der Waals surface area contributed by atoms with Gasteiger partial charge in [-0.3, -0.25) is 0 Å². The summed E-state index contributed by atoms with van der Waals surface area (Å²) in [5.74, 6) is 1.49. The second-order valence-corrected chi connectivity index (χ2v) is 5.61. The molecule has 1 N–H and O–H groups in total. The predicted molar refractivity (Wildman–Crippen MR) is 68.9 cm³/mol. The van der Waals surface area contributed by atoms with Gasteiger partial charge in [-0.2, -0.15) is 0 Å². The van der Waals surface area contributed by atoms with E-state index in [2.05, 4.69) is 13.8 Å². The number of aliphatic hydroxyl groups excluding tert-OH is 1. The molecule has 0 saturated heterocycles. The summed E-state index contributed by atoms with van der Waals surface area (Å²) in [7, 11) is 0. The fourth-order valence-electron chi connectivity index (χ4n) is 2.94. The van der Waals surface area contributed by atoms with E-state index in [0.717, 1.165) is 12.8 Å². The zero-order chi connectivity index (χ0) is 13.1. The van der Waals surface area contributed by atoms with Crippen molar-refractivity contribution >= 4 is 0 Å². The van der Waals surface area contributed by atoms with Crippen LogP contribution in [0.2, 0.25) is 0 Å². The summed E-state index contributed by atoms with van der Waals surface area (Å²) in [6, 6.07) is 4.44. The number of benzene rings is 1. The number of rotatable bonds is 3. The molecule has 0 bridgehead atoms. The first kappa shape index (κ1) is 13.3. The van der Waals surface area contributed by atoms with E-state index < -0.39 is 0 Å². The Labute approximate surface area is 108 Å². The van der Waals surface area contributed by atoms with Crippen LogP contribution in [0.3, 0.4) is 0 Å². The van der Waals surface area contributed by atoms with Crippen molar-refractivity contribution in [1.82, 2.24) is 0 Å². The highest BCUT2D eigenvalue weighted by atomic mass is 19.1. The van der Waals surface area contributed by atoms with Gasteiger partial charge < -0.3 is 9.84 Å². The lowest BCUT2D eigenvalue weighted by molar-refractivity contribution is 0.100. The largest absolute Gasteiger partial charge is 0.490 e. The van der Waals surface area contributed by atoms with Gasteiger partial charge in [0, 0.05) is 6.07 Å². The Hall–Kier alpha value is -1.09. The van der Waals surface area contributed by atoms with E-state index in [1.807, 2.05) is 0 Å². The minimum absolute atomic E-state index is 0.161. The van der Waals surface area contributed by atoms with Crippen molar-refractivity contribution in [1.29, 1.82) is 0 Å². The third kappa shape index (κ3) is 3.45. The van der Waals surface area contributed by atoms with E-state index in [9.17, 15) is 4.39 Å². The van der Waals surface area contributed by atoms with E-state index in [-0.39, 0.29) is 18.5 Å². The van der Waals surface area contributed by atoms with Crippen LogP contribution in [-0.4, -0.2) is 11.2 Å². The molecular formula is C15H21FO2. The van der Waals surface area contributed by atoms with E-state index >= 15 is 0 Å². The molecule has 2 nitrogen and oxygen atoms in total. The number of hydrogen-bond donors (Lipinski definition) is 1. The highest BCUT2D eigenvalue weighted by Crippen LogP contribution is 2.31. The molecule has 0 aromatic heterocycles. The van der Waals surface area contributed by atoms with Gasteiger partial charge in [-0.25, -0.2) is 4.39 Å². The van der Waals surface area contributed by atoms with Crippen molar-refractivity contribution in [2.45, 2.75) is 45.8 Å². The van der Waals surface area contributed by atoms with Crippen molar-refractivity contribution in [3.8, 4) is 5.75 Å². The Kier molecular flexibility index (Phi) is 4.23. The fraction of sp³-hybridized carbons (Fsp3) is 0.600. The first-order chi connectivity index (χ1) is 8.56. The first-order valence-corrected chi connectivity index (χ1v) is 6.63. The van der Waals surface area contributed by atoms with Crippen molar-refractivity contribution in [2.24, 2.45) is 11.8 Å². The summed E-state index contributed by atoms with van der Waals surface area (Å²) in [4.78, 5) is 0. The lowest BCUT2D eigenvalue weighted by Crippen LogP contribution is -2.28. The van der Waals surface area contributed by atoms with E-state index in [4.69, 9.17) is 9.84 Å². The van der Waals surface area contributed by atoms with Crippen LogP contribution in [0, 0.1) is 17.7 Å². The number of hydrogen-bond acceptors (Lipinski definition) is 2. The molecule has 1 aliphatic rings. The summed E-state index contributed by atoms with van der Waals surface area (Å²) in [6.45, 7) is 4.30. The second-order valence-electron chi connectivity index (χ2n) is 5.61. The second kappa shape index (κ2) is 5.70. The van der Waals surface area contributed by atoms with Crippen molar-refractivity contribution in [3.63, 3.8) is 0 Å². The Balaban J connectivity index is 2.06. The molecule has 18 heavy (non-hydrogen) atoms. The van der Waals surface area contributed by atoms with Crippen molar-refractivity contribution in [2.75, 3.05) is 0 Å². The molecule has 100 valence electrons.